The predicted molar refractivity (Wildman–Crippen MR) is 72.5 cm³/mol. The molecular weight excluding hydrogens is 246 g/mol. The van der Waals surface area contributed by atoms with Crippen molar-refractivity contribution in [3.63, 3.8) is 0 Å². The first kappa shape index (κ1) is 15.0. The highest BCUT2D eigenvalue weighted by atomic mass is 16.4. The van der Waals surface area contributed by atoms with Crippen molar-refractivity contribution in [2.75, 3.05) is 5.32 Å². The minimum absolute atomic E-state index is 0.141. The van der Waals surface area contributed by atoms with E-state index in [-0.39, 0.29) is 17.2 Å². The lowest BCUT2D eigenvalue weighted by atomic mass is 10.1. The number of hydrogen-bond acceptors (Lipinski definition) is 3. The number of carbonyl (C=O) groups excluding carboxylic acids is 1. The van der Waals surface area contributed by atoms with E-state index in [1.807, 2.05) is 0 Å². The molecule has 0 aliphatic heterocycles. The zero-order valence-corrected chi connectivity index (χ0v) is 11.0. The number of anilines is 1. The number of rotatable bonds is 7. The lowest BCUT2D eigenvalue weighted by Crippen LogP contribution is -2.11. The molecule has 0 saturated heterocycles. The van der Waals surface area contributed by atoms with Crippen LogP contribution >= 0.6 is 0 Å². The van der Waals surface area contributed by atoms with Crippen molar-refractivity contribution in [1.29, 1.82) is 0 Å². The zero-order valence-electron chi connectivity index (χ0n) is 11.0. The van der Waals surface area contributed by atoms with E-state index >= 15 is 0 Å². The number of aromatic carboxylic acids is 1. The predicted octanol–water partition coefficient (Wildman–Crippen LogP) is 3.00. The van der Waals surface area contributed by atoms with Crippen molar-refractivity contribution in [3.05, 3.63) is 23.8 Å². The van der Waals surface area contributed by atoms with Gasteiger partial charge in [0, 0.05) is 12.1 Å². The first-order valence-corrected chi connectivity index (χ1v) is 6.40. The molecule has 1 amide bonds. The summed E-state index contributed by atoms with van der Waals surface area (Å²) in [5.74, 6) is -1.68. The van der Waals surface area contributed by atoms with E-state index in [4.69, 9.17) is 5.11 Å². The van der Waals surface area contributed by atoms with E-state index < -0.39 is 5.97 Å². The molecule has 0 fully saturated rings. The Labute approximate surface area is 112 Å². The van der Waals surface area contributed by atoms with Crippen molar-refractivity contribution in [3.8, 4) is 5.75 Å². The summed E-state index contributed by atoms with van der Waals surface area (Å²) < 4.78 is 0. The van der Waals surface area contributed by atoms with Crippen LogP contribution in [0.4, 0.5) is 5.69 Å². The van der Waals surface area contributed by atoms with Gasteiger partial charge in [-0.2, -0.15) is 0 Å². The first-order valence-electron chi connectivity index (χ1n) is 6.40. The molecule has 1 aromatic rings. The minimum atomic E-state index is -1.23. The summed E-state index contributed by atoms with van der Waals surface area (Å²) in [7, 11) is 0. The molecule has 0 aliphatic rings. The second-order valence-corrected chi connectivity index (χ2v) is 4.40. The molecule has 5 heteroatoms. The molecular formula is C14H19NO4. The fraction of sp³-hybridized carbons (Fsp3) is 0.429. The van der Waals surface area contributed by atoms with Crippen molar-refractivity contribution >= 4 is 17.6 Å². The van der Waals surface area contributed by atoms with Gasteiger partial charge >= 0.3 is 5.97 Å². The molecule has 0 bridgehead atoms. The summed E-state index contributed by atoms with van der Waals surface area (Å²) in [4.78, 5) is 22.5. The normalized spacial score (nSPS) is 10.2. The summed E-state index contributed by atoms with van der Waals surface area (Å²) in [6.07, 6.45) is 4.48. The molecule has 0 atom stereocenters. The van der Waals surface area contributed by atoms with Crippen LogP contribution in [0.5, 0.6) is 5.75 Å². The Morgan fingerprint density at radius 1 is 1.21 bits per heavy atom. The highest BCUT2D eigenvalue weighted by Crippen LogP contribution is 2.21. The Kier molecular flexibility index (Phi) is 5.85. The van der Waals surface area contributed by atoms with Gasteiger partial charge in [0.05, 0.1) is 0 Å². The maximum Gasteiger partial charge on any atom is 0.339 e. The smallest absolute Gasteiger partial charge is 0.339 e. The summed E-state index contributed by atoms with van der Waals surface area (Å²) in [6.45, 7) is 2.10. The minimum Gasteiger partial charge on any atom is -0.507 e. The Hall–Kier alpha value is -2.04. The molecule has 0 saturated carbocycles. The number of phenols is 1. The highest BCUT2D eigenvalue weighted by Gasteiger charge is 2.11. The van der Waals surface area contributed by atoms with Crippen LogP contribution in [-0.4, -0.2) is 22.1 Å². The van der Waals surface area contributed by atoms with Crippen molar-refractivity contribution < 1.29 is 19.8 Å². The molecule has 0 heterocycles. The van der Waals surface area contributed by atoms with Gasteiger partial charge in [-0.3, -0.25) is 4.79 Å². The lowest BCUT2D eigenvalue weighted by molar-refractivity contribution is -0.116. The van der Waals surface area contributed by atoms with Crippen LogP contribution in [0.15, 0.2) is 18.2 Å². The third kappa shape index (κ3) is 4.99. The Morgan fingerprint density at radius 2 is 1.95 bits per heavy atom. The van der Waals surface area contributed by atoms with Crippen molar-refractivity contribution in [2.24, 2.45) is 0 Å². The molecule has 5 nitrogen and oxygen atoms in total. The summed E-state index contributed by atoms with van der Waals surface area (Å²) in [5, 5.41) is 20.8. The van der Waals surface area contributed by atoms with E-state index in [0.717, 1.165) is 25.7 Å². The van der Waals surface area contributed by atoms with Crippen LogP contribution in [0.1, 0.15) is 49.4 Å². The van der Waals surface area contributed by atoms with Gasteiger partial charge in [-0.05, 0) is 24.6 Å². The van der Waals surface area contributed by atoms with Crippen LogP contribution in [0.3, 0.4) is 0 Å². The van der Waals surface area contributed by atoms with E-state index in [0.29, 0.717) is 12.1 Å². The van der Waals surface area contributed by atoms with Gasteiger partial charge in [0.15, 0.2) is 0 Å². The maximum atomic E-state index is 11.6. The largest absolute Gasteiger partial charge is 0.507 e. The fourth-order valence-electron chi connectivity index (χ4n) is 1.72. The standard InChI is InChI=1S/C14H19NO4/c1-2-3-4-5-6-13(17)15-10-7-8-12(16)11(9-10)14(18)19/h7-9,16H,2-6H2,1H3,(H,15,17)(H,18,19). The van der Waals surface area contributed by atoms with E-state index in [1.165, 1.54) is 18.2 Å². The van der Waals surface area contributed by atoms with Crippen LogP contribution in [0.2, 0.25) is 0 Å². The van der Waals surface area contributed by atoms with E-state index in [9.17, 15) is 14.7 Å². The molecule has 1 aromatic carbocycles. The third-order valence-corrected chi connectivity index (χ3v) is 2.77. The summed E-state index contributed by atoms with van der Waals surface area (Å²) >= 11 is 0. The molecule has 0 spiro atoms. The number of nitrogens with one attached hydrogen (secondary N) is 1. The molecule has 0 aromatic heterocycles. The van der Waals surface area contributed by atoms with Gasteiger partial charge < -0.3 is 15.5 Å². The number of carbonyl (C=O) groups is 2. The molecule has 104 valence electrons. The number of benzene rings is 1. The van der Waals surface area contributed by atoms with Crippen molar-refractivity contribution in [2.45, 2.75) is 39.0 Å². The van der Waals surface area contributed by atoms with Gasteiger partial charge in [0.25, 0.3) is 0 Å². The number of hydrogen-bond donors (Lipinski definition) is 3. The Balaban J connectivity index is 2.55. The SMILES string of the molecule is CCCCCCC(=O)Nc1ccc(O)c(C(=O)O)c1. The van der Waals surface area contributed by atoms with Crippen LogP contribution < -0.4 is 5.32 Å². The number of unbranched alkanes of at least 4 members (excludes halogenated alkanes) is 3. The molecule has 0 unspecified atom stereocenters. The number of amides is 1. The monoisotopic (exact) mass is 265 g/mol. The Bertz CT molecular complexity index is 457. The highest BCUT2D eigenvalue weighted by molar-refractivity contribution is 5.95. The maximum absolute atomic E-state index is 11.6. The molecule has 19 heavy (non-hydrogen) atoms. The van der Waals surface area contributed by atoms with Gasteiger partial charge in [-0.25, -0.2) is 4.79 Å². The van der Waals surface area contributed by atoms with Gasteiger partial charge in [0.1, 0.15) is 11.3 Å². The van der Waals surface area contributed by atoms with Gasteiger partial charge in [0.2, 0.25) is 5.91 Å². The van der Waals surface area contributed by atoms with E-state index in [1.54, 1.807) is 0 Å². The zero-order chi connectivity index (χ0) is 14.3. The number of carboxylic acids is 1. The Morgan fingerprint density at radius 3 is 2.58 bits per heavy atom. The van der Waals surface area contributed by atoms with Crippen LogP contribution in [-0.2, 0) is 4.79 Å². The molecule has 3 N–H and O–H groups in total. The van der Waals surface area contributed by atoms with E-state index in [2.05, 4.69) is 12.2 Å². The molecule has 1 rings (SSSR count). The number of carboxylic acid groups (broad SMARTS) is 1. The second-order valence-electron chi connectivity index (χ2n) is 4.40. The summed E-state index contributed by atoms with van der Waals surface area (Å²) in [5.41, 5.74) is 0.166. The average molecular weight is 265 g/mol. The third-order valence-electron chi connectivity index (χ3n) is 2.77. The number of aromatic hydroxyl groups is 1. The lowest BCUT2D eigenvalue weighted by Gasteiger charge is -2.07. The molecule has 0 aliphatic carbocycles. The van der Waals surface area contributed by atoms with Crippen LogP contribution in [0.25, 0.3) is 0 Å². The van der Waals surface area contributed by atoms with Gasteiger partial charge in [-0.15, -0.1) is 0 Å². The second kappa shape index (κ2) is 7.41. The molecule has 0 radical (unpaired) electrons. The van der Waals surface area contributed by atoms with Gasteiger partial charge in [-0.1, -0.05) is 26.2 Å². The summed E-state index contributed by atoms with van der Waals surface area (Å²) in [6, 6.07) is 3.99. The fourth-order valence-corrected chi connectivity index (χ4v) is 1.72. The van der Waals surface area contributed by atoms with Crippen molar-refractivity contribution in [1.82, 2.24) is 0 Å². The topological polar surface area (TPSA) is 86.6 Å². The average Bonchev–Trinajstić information content (AvgIpc) is 2.36. The quantitative estimate of drug-likeness (QED) is 0.522. The first-order chi connectivity index (χ1) is 9.04. The van der Waals surface area contributed by atoms with Crippen LogP contribution in [0, 0.1) is 0 Å².